The molecule has 2 rings (SSSR count). The molecular weight excluding hydrogens is 238 g/mol. The van der Waals surface area contributed by atoms with Gasteiger partial charge in [0.05, 0.1) is 6.61 Å². The van der Waals surface area contributed by atoms with Crippen molar-refractivity contribution in [2.24, 2.45) is 0 Å². The third kappa shape index (κ3) is 3.05. The Labute approximate surface area is 103 Å². The summed E-state index contributed by atoms with van der Waals surface area (Å²) in [6.07, 6.45) is 0. The van der Waals surface area contributed by atoms with Crippen LogP contribution in [0.15, 0.2) is 42.5 Å². The van der Waals surface area contributed by atoms with Crippen LogP contribution in [-0.2, 0) is 13.2 Å². The Morgan fingerprint density at radius 1 is 0.944 bits per heavy atom. The highest BCUT2D eigenvalue weighted by Gasteiger charge is 2.05. The van der Waals surface area contributed by atoms with Crippen molar-refractivity contribution in [1.82, 2.24) is 0 Å². The maximum absolute atomic E-state index is 13.1. The smallest absolute Gasteiger partial charge is 0.128 e. The summed E-state index contributed by atoms with van der Waals surface area (Å²) in [5.74, 6) is -0.455. The van der Waals surface area contributed by atoms with Crippen molar-refractivity contribution in [3.63, 3.8) is 0 Å². The second-order valence-corrected chi connectivity index (χ2v) is 3.83. The van der Waals surface area contributed by atoms with Gasteiger partial charge in [-0.2, -0.15) is 0 Å². The fourth-order valence-corrected chi connectivity index (χ4v) is 1.54. The third-order valence-corrected chi connectivity index (χ3v) is 2.51. The van der Waals surface area contributed by atoms with Crippen LogP contribution in [0.5, 0.6) is 5.75 Å². The first kappa shape index (κ1) is 12.5. The average Bonchev–Trinajstić information content (AvgIpc) is 2.38. The summed E-state index contributed by atoms with van der Waals surface area (Å²) in [6, 6.07) is 9.79. The van der Waals surface area contributed by atoms with Gasteiger partial charge in [-0.05, 0) is 23.8 Å². The van der Waals surface area contributed by atoms with Gasteiger partial charge in [0.25, 0.3) is 0 Å². The molecule has 0 atom stereocenters. The fraction of sp³-hybridized carbons (Fsp3) is 0.143. The Morgan fingerprint density at radius 2 is 1.61 bits per heavy atom. The quantitative estimate of drug-likeness (QED) is 0.903. The second-order valence-electron chi connectivity index (χ2n) is 3.83. The molecule has 94 valence electrons. The van der Waals surface area contributed by atoms with E-state index in [-0.39, 0.29) is 19.0 Å². The predicted octanol–water partition coefficient (Wildman–Crippen LogP) is 3.04. The van der Waals surface area contributed by atoms with Gasteiger partial charge in [0.1, 0.15) is 24.0 Å². The summed E-state index contributed by atoms with van der Waals surface area (Å²) in [7, 11) is 0. The highest BCUT2D eigenvalue weighted by Crippen LogP contribution is 2.21. The number of hydrogen-bond donors (Lipinski definition) is 1. The predicted molar refractivity (Wildman–Crippen MR) is 63.1 cm³/mol. The maximum Gasteiger partial charge on any atom is 0.128 e. The third-order valence-electron chi connectivity index (χ3n) is 2.51. The number of aliphatic hydroxyl groups excluding tert-OH is 1. The van der Waals surface area contributed by atoms with E-state index in [1.165, 1.54) is 30.3 Å². The van der Waals surface area contributed by atoms with E-state index in [1.807, 2.05) is 0 Å². The number of rotatable bonds is 4. The number of benzene rings is 2. The Bertz CT molecular complexity index is 524. The van der Waals surface area contributed by atoms with Crippen molar-refractivity contribution in [3.05, 3.63) is 65.2 Å². The van der Waals surface area contributed by atoms with Gasteiger partial charge >= 0.3 is 0 Å². The number of halogens is 2. The molecule has 1 N–H and O–H groups in total. The van der Waals surface area contributed by atoms with Gasteiger partial charge in [0, 0.05) is 11.6 Å². The molecule has 0 amide bonds. The summed E-state index contributed by atoms with van der Waals surface area (Å²) in [6.45, 7) is -0.0320. The lowest BCUT2D eigenvalue weighted by Crippen LogP contribution is -1.99. The molecule has 18 heavy (non-hydrogen) atoms. The zero-order chi connectivity index (χ0) is 13.0. The van der Waals surface area contributed by atoms with E-state index in [9.17, 15) is 8.78 Å². The molecule has 0 unspecified atom stereocenters. The van der Waals surface area contributed by atoms with Crippen LogP contribution < -0.4 is 4.74 Å². The largest absolute Gasteiger partial charge is 0.488 e. The van der Waals surface area contributed by atoms with Crippen molar-refractivity contribution in [2.45, 2.75) is 13.2 Å². The van der Waals surface area contributed by atoms with E-state index in [0.717, 1.165) is 5.56 Å². The molecule has 0 fully saturated rings. The zero-order valence-corrected chi connectivity index (χ0v) is 9.57. The van der Waals surface area contributed by atoms with Crippen molar-refractivity contribution >= 4 is 0 Å². The van der Waals surface area contributed by atoms with Crippen LogP contribution in [0.3, 0.4) is 0 Å². The van der Waals surface area contributed by atoms with Crippen molar-refractivity contribution in [3.8, 4) is 5.75 Å². The van der Waals surface area contributed by atoms with E-state index < -0.39 is 5.82 Å². The van der Waals surface area contributed by atoms with E-state index in [4.69, 9.17) is 9.84 Å². The molecule has 0 saturated heterocycles. The minimum Gasteiger partial charge on any atom is -0.488 e. The molecule has 0 aliphatic heterocycles. The Hall–Kier alpha value is -1.94. The summed E-state index contributed by atoms with van der Waals surface area (Å²) >= 11 is 0. The molecule has 2 nitrogen and oxygen atoms in total. The van der Waals surface area contributed by atoms with E-state index in [0.29, 0.717) is 11.3 Å². The molecule has 4 heteroatoms. The normalized spacial score (nSPS) is 10.4. The maximum atomic E-state index is 13.1. The molecule has 0 bridgehead atoms. The van der Waals surface area contributed by atoms with Gasteiger partial charge in [-0.25, -0.2) is 8.78 Å². The van der Waals surface area contributed by atoms with Gasteiger partial charge in [0.2, 0.25) is 0 Å². The van der Waals surface area contributed by atoms with Gasteiger partial charge < -0.3 is 9.84 Å². The molecule has 0 saturated carbocycles. The zero-order valence-electron chi connectivity index (χ0n) is 9.57. The van der Waals surface area contributed by atoms with Gasteiger partial charge in [-0.1, -0.05) is 18.2 Å². The van der Waals surface area contributed by atoms with Crippen LogP contribution >= 0.6 is 0 Å². The monoisotopic (exact) mass is 250 g/mol. The van der Waals surface area contributed by atoms with Crippen molar-refractivity contribution in [1.29, 1.82) is 0 Å². The molecule has 0 aliphatic carbocycles. The number of ether oxygens (including phenoxy) is 1. The highest BCUT2D eigenvalue weighted by atomic mass is 19.1. The molecule has 2 aromatic rings. The van der Waals surface area contributed by atoms with Gasteiger partial charge in [0.15, 0.2) is 0 Å². The van der Waals surface area contributed by atoms with Crippen LogP contribution in [0.2, 0.25) is 0 Å². The van der Waals surface area contributed by atoms with Crippen LogP contribution in [0, 0.1) is 11.6 Å². The second kappa shape index (κ2) is 5.60. The molecular formula is C14H12F2O2. The summed E-state index contributed by atoms with van der Waals surface area (Å²) < 4.78 is 31.2. The Kier molecular flexibility index (Phi) is 3.89. The summed E-state index contributed by atoms with van der Waals surface area (Å²) in [5.41, 5.74) is 1.28. The van der Waals surface area contributed by atoms with Crippen molar-refractivity contribution < 1.29 is 18.6 Å². The summed E-state index contributed by atoms with van der Waals surface area (Å²) in [4.78, 5) is 0. The standard InChI is InChI=1S/C14H12F2O2/c15-12-4-1-10(2-5-12)9-18-14-7-13(16)6-3-11(14)8-17/h1-7,17H,8-9H2. The molecule has 0 heterocycles. The Balaban J connectivity index is 2.09. The van der Waals surface area contributed by atoms with Crippen LogP contribution in [-0.4, -0.2) is 5.11 Å². The number of hydrogen-bond acceptors (Lipinski definition) is 2. The van der Waals surface area contributed by atoms with E-state index in [2.05, 4.69) is 0 Å². The van der Waals surface area contributed by atoms with Crippen LogP contribution in [0.1, 0.15) is 11.1 Å². The highest BCUT2D eigenvalue weighted by molar-refractivity contribution is 5.33. The first-order chi connectivity index (χ1) is 8.69. The molecule has 2 aromatic carbocycles. The lowest BCUT2D eigenvalue weighted by molar-refractivity contribution is 0.258. The van der Waals surface area contributed by atoms with Gasteiger partial charge in [-0.15, -0.1) is 0 Å². The SMILES string of the molecule is OCc1ccc(F)cc1OCc1ccc(F)cc1. The average molecular weight is 250 g/mol. The molecule has 0 radical (unpaired) electrons. The molecule has 0 aromatic heterocycles. The first-order valence-electron chi connectivity index (χ1n) is 5.45. The van der Waals surface area contributed by atoms with E-state index >= 15 is 0 Å². The minimum absolute atomic E-state index is 0.191. The lowest BCUT2D eigenvalue weighted by Gasteiger charge is -2.10. The fourth-order valence-electron chi connectivity index (χ4n) is 1.54. The Morgan fingerprint density at radius 3 is 2.28 bits per heavy atom. The van der Waals surface area contributed by atoms with Crippen molar-refractivity contribution in [2.75, 3.05) is 0 Å². The number of aliphatic hydroxyl groups is 1. The van der Waals surface area contributed by atoms with Gasteiger partial charge in [-0.3, -0.25) is 0 Å². The summed E-state index contributed by atoms with van der Waals surface area (Å²) in [5, 5.41) is 9.09. The molecule has 0 aliphatic rings. The first-order valence-corrected chi connectivity index (χ1v) is 5.45. The van der Waals surface area contributed by atoms with E-state index in [1.54, 1.807) is 12.1 Å². The minimum atomic E-state index is -0.429. The topological polar surface area (TPSA) is 29.5 Å². The van der Waals surface area contributed by atoms with Crippen LogP contribution in [0.4, 0.5) is 8.78 Å². The lowest BCUT2D eigenvalue weighted by atomic mass is 10.2. The van der Waals surface area contributed by atoms with Crippen LogP contribution in [0.25, 0.3) is 0 Å². The molecule has 0 spiro atoms.